The second kappa shape index (κ2) is 8.19. The Balaban J connectivity index is 2.05. The van der Waals surface area contributed by atoms with Gasteiger partial charge in [0, 0.05) is 5.02 Å². The number of halogens is 1. The first-order chi connectivity index (χ1) is 12.0. The van der Waals surface area contributed by atoms with E-state index in [-0.39, 0.29) is 24.2 Å². The molecule has 5 nitrogen and oxygen atoms in total. The van der Waals surface area contributed by atoms with Crippen molar-refractivity contribution in [2.45, 2.75) is 59.0 Å². The van der Waals surface area contributed by atoms with E-state index in [1.165, 1.54) is 0 Å². The van der Waals surface area contributed by atoms with E-state index >= 15 is 0 Å². The molecule has 7 heteroatoms. The predicted molar refractivity (Wildman–Crippen MR) is 106 cm³/mol. The largest absolute Gasteiger partial charge is 0.490 e. The van der Waals surface area contributed by atoms with Crippen molar-refractivity contribution in [2.75, 3.05) is 13.2 Å². The molecule has 1 heterocycles. The number of cyclic esters (lactones) is 1. The fraction of sp³-hybridized carbons (Fsp3) is 0.632. The maximum absolute atomic E-state index is 12.5. The van der Waals surface area contributed by atoms with Crippen LogP contribution < -0.4 is 4.74 Å². The number of benzene rings is 1. The standard InChI is InChI=1S/C19H30ClNO4Si/c1-18(2,3)13-19(4,25-26(5)6)21-11-16(24-17(21)22)12-23-15-9-7-8-14(20)10-15/h7-10,16,26H,11-13H2,1-6H3/t16-,19+/m0/s1. The van der Waals surface area contributed by atoms with Gasteiger partial charge in [0.15, 0.2) is 15.1 Å². The molecule has 0 radical (unpaired) electrons. The van der Waals surface area contributed by atoms with E-state index in [2.05, 4.69) is 33.9 Å². The predicted octanol–water partition coefficient (Wildman–Crippen LogP) is 4.69. The Kier molecular flexibility index (Phi) is 6.63. The van der Waals surface area contributed by atoms with Crippen LogP contribution in [0.5, 0.6) is 5.75 Å². The second-order valence-electron chi connectivity index (χ2n) is 8.46. The molecule has 0 spiro atoms. The molecule has 2 atom stereocenters. The molecule has 0 bridgehead atoms. The van der Waals surface area contributed by atoms with Crippen molar-refractivity contribution < 1.29 is 18.7 Å². The SMILES string of the molecule is C[SiH](C)O[C@](C)(CC(C)(C)C)N1C[C@@H](COc2cccc(Cl)c2)OC1=O. The molecule has 1 aromatic rings. The van der Waals surface area contributed by atoms with Crippen molar-refractivity contribution in [1.82, 2.24) is 4.90 Å². The summed E-state index contributed by atoms with van der Waals surface area (Å²) < 4.78 is 17.6. The first-order valence-electron chi connectivity index (χ1n) is 9.03. The van der Waals surface area contributed by atoms with Crippen molar-refractivity contribution in [3.8, 4) is 5.75 Å². The van der Waals surface area contributed by atoms with E-state index < -0.39 is 14.8 Å². The Bertz CT molecular complexity index is 634. The Labute approximate surface area is 163 Å². The van der Waals surface area contributed by atoms with Crippen molar-refractivity contribution in [2.24, 2.45) is 5.41 Å². The normalized spacial score (nSPS) is 20.2. The van der Waals surface area contributed by atoms with Gasteiger partial charge in [-0.15, -0.1) is 0 Å². The molecule has 0 aliphatic carbocycles. The number of carbonyl (C=O) groups is 1. The van der Waals surface area contributed by atoms with Gasteiger partial charge < -0.3 is 13.9 Å². The van der Waals surface area contributed by atoms with Crippen LogP contribution in [-0.4, -0.2) is 45.0 Å². The second-order valence-corrected chi connectivity index (χ2v) is 11.2. The quantitative estimate of drug-likeness (QED) is 0.624. The lowest BCUT2D eigenvalue weighted by molar-refractivity contribution is -0.0663. The molecule has 1 fully saturated rings. The summed E-state index contributed by atoms with van der Waals surface area (Å²) in [6.45, 7) is 13.4. The molecule has 146 valence electrons. The highest BCUT2D eigenvalue weighted by Gasteiger charge is 2.46. The molecular weight excluding hydrogens is 370 g/mol. The molecular formula is C19H30ClNO4Si. The van der Waals surface area contributed by atoms with Crippen molar-refractivity contribution in [1.29, 1.82) is 0 Å². The fourth-order valence-electron chi connectivity index (χ4n) is 3.43. The monoisotopic (exact) mass is 399 g/mol. The van der Waals surface area contributed by atoms with Crippen LogP contribution in [0.4, 0.5) is 4.79 Å². The number of hydrogen-bond donors (Lipinski definition) is 0. The van der Waals surface area contributed by atoms with Gasteiger partial charge in [0.05, 0.1) is 6.54 Å². The molecule has 1 amide bonds. The summed E-state index contributed by atoms with van der Waals surface area (Å²) in [5, 5.41) is 0.612. The molecule has 1 saturated heterocycles. The molecule has 0 aromatic heterocycles. The summed E-state index contributed by atoms with van der Waals surface area (Å²) >= 11 is 5.97. The highest BCUT2D eigenvalue weighted by atomic mass is 35.5. The van der Waals surface area contributed by atoms with E-state index in [1.54, 1.807) is 17.0 Å². The Hall–Kier alpha value is -1.24. The van der Waals surface area contributed by atoms with E-state index in [9.17, 15) is 4.79 Å². The van der Waals surface area contributed by atoms with E-state index in [4.69, 9.17) is 25.5 Å². The van der Waals surface area contributed by atoms with Gasteiger partial charge in [0.1, 0.15) is 18.1 Å². The van der Waals surface area contributed by atoms with Crippen LogP contribution in [0.1, 0.15) is 34.1 Å². The van der Waals surface area contributed by atoms with Crippen LogP contribution in [0, 0.1) is 5.41 Å². The molecule has 1 aliphatic heterocycles. The number of carbonyl (C=O) groups excluding carboxylic acids is 1. The maximum Gasteiger partial charge on any atom is 0.412 e. The zero-order chi connectivity index (χ0) is 19.5. The van der Waals surface area contributed by atoms with E-state index in [0.29, 0.717) is 17.3 Å². The molecule has 26 heavy (non-hydrogen) atoms. The summed E-state index contributed by atoms with van der Waals surface area (Å²) in [5.41, 5.74) is -0.645. The third-order valence-electron chi connectivity index (χ3n) is 4.02. The lowest BCUT2D eigenvalue weighted by atomic mass is 9.86. The average molecular weight is 400 g/mol. The summed E-state index contributed by atoms with van der Waals surface area (Å²) in [5.74, 6) is 0.662. The van der Waals surface area contributed by atoms with E-state index in [0.717, 1.165) is 6.42 Å². The summed E-state index contributed by atoms with van der Waals surface area (Å²) in [6, 6.07) is 7.19. The minimum Gasteiger partial charge on any atom is -0.490 e. The first-order valence-corrected chi connectivity index (χ1v) is 12.2. The van der Waals surface area contributed by atoms with Gasteiger partial charge in [-0.1, -0.05) is 38.4 Å². The van der Waals surface area contributed by atoms with Gasteiger partial charge in [0.25, 0.3) is 0 Å². The van der Waals surface area contributed by atoms with Crippen LogP contribution in [0.3, 0.4) is 0 Å². The van der Waals surface area contributed by atoms with Gasteiger partial charge in [-0.2, -0.15) is 0 Å². The number of nitrogens with zero attached hydrogens (tertiary/aromatic N) is 1. The minimum absolute atomic E-state index is 0.0215. The molecule has 2 rings (SSSR count). The number of rotatable bonds is 7. The highest BCUT2D eigenvalue weighted by Crippen LogP contribution is 2.35. The van der Waals surface area contributed by atoms with Gasteiger partial charge in [0.2, 0.25) is 0 Å². The lowest BCUT2D eigenvalue weighted by Crippen LogP contribution is -2.53. The Morgan fingerprint density at radius 1 is 1.31 bits per heavy atom. The Morgan fingerprint density at radius 2 is 2.00 bits per heavy atom. The van der Waals surface area contributed by atoms with Crippen LogP contribution in [0.2, 0.25) is 18.1 Å². The van der Waals surface area contributed by atoms with Gasteiger partial charge in [-0.25, -0.2) is 4.79 Å². The molecule has 0 saturated carbocycles. The fourth-order valence-corrected chi connectivity index (χ4v) is 4.84. The number of hydrogen-bond acceptors (Lipinski definition) is 4. The molecule has 1 aromatic carbocycles. The number of amides is 1. The maximum atomic E-state index is 12.5. The van der Waals surface area contributed by atoms with Crippen LogP contribution in [0.15, 0.2) is 24.3 Å². The number of ether oxygens (including phenoxy) is 2. The topological polar surface area (TPSA) is 48.0 Å². The zero-order valence-corrected chi connectivity index (χ0v) is 18.5. The minimum atomic E-state index is -1.36. The van der Waals surface area contributed by atoms with Gasteiger partial charge >= 0.3 is 6.09 Å². The third kappa shape index (κ3) is 5.89. The van der Waals surface area contributed by atoms with Crippen LogP contribution in [0.25, 0.3) is 0 Å². The molecule has 0 N–H and O–H groups in total. The lowest BCUT2D eigenvalue weighted by Gasteiger charge is -2.42. The molecule has 0 unspecified atom stereocenters. The Morgan fingerprint density at radius 3 is 2.58 bits per heavy atom. The highest BCUT2D eigenvalue weighted by molar-refractivity contribution is 6.48. The average Bonchev–Trinajstić information content (AvgIpc) is 2.84. The van der Waals surface area contributed by atoms with Crippen molar-refractivity contribution in [3.05, 3.63) is 29.3 Å². The summed E-state index contributed by atoms with van der Waals surface area (Å²) in [7, 11) is -1.36. The third-order valence-corrected chi connectivity index (χ3v) is 5.24. The van der Waals surface area contributed by atoms with Crippen molar-refractivity contribution >= 4 is 26.7 Å². The van der Waals surface area contributed by atoms with Gasteiger partial charge in [-0.3, -0.25) is 4.90 Å². The zero-order valence-electron chi connectivity index (χ0n) is 16.5. The van der Waals surface area contributed by atoms with Crippen LogP contribution >= 0.6 is 11.6 Å². The summed E-state index contributed by atoms with van der Waals surface area (Å²) in [6.07, 6.45) is 0.0617. The summed E-state index contributed by atoms with van der Waals surface area (Å²) in [4.78, 5) is 14.2. The van der Waals surface area contributed by atoms with Crippen LogP contribution in [-0.2, 0) is 9.16 Å². The van der Waals surface area contributed by atoms with E-state index in [1.807, 2.05) is 19.1 Å². The molecule has 1 aliphatic rings. The smallest absolute Gasteiger partial charge is 0.412 e. The van der Waals surface area contributed by atoms with Gasteiger partial charge in [-0.05, 0) is 50.1 Å². The van der Waals surface area contributed by atoms with Crippen molar-refractivity contribution in [3.63, 3.8) is 0 Å². The first kappa shape index (κ1) is 21.1.